The van der Waals surface area contributed by atoms with Crippen LogP contribution in [0.4, 0.5) is 0 Å². The Kier molecular flexibility index (Phi) is 5.25. The number of rotatable bonds is 7. The minimum atomic E-state index is -1.03. The molecule has 2 aromatic rings. The van der Waals surface area contributed by atoms with Crippen molar-refractivity contribution in [1.82, 2.24) is 0 Å². The molecule has 5 nitrogen and oxygen atoms in total. The van der Waals surface area contributed by atoms with Gasteiger partial charge in [-0.15, -0.1) is 0 Å². The zero-order chi connectivity index (χ0) is 15.9. The summed E-state index contributed by atoms with van der Waals surface area (Å²) in [7, 11) is 3.10. The van der Waals surface area contributed by atoms with E-state index in [1.54, 1.807) is 44.6 Å². The van der Waals surface area contributed by atoms with Crippen molar-refractivity contribution in [2.24, 2.45) is 0 Å². The fourth-order valence-corrected chi connectivity index (χ4v) is 2.09. The van der Waals surface area contributed by atoms with E-state index in [2.05, 4.69) is 0 Å². The lowest BCUT2D eigenvalue weighted by Gasteiger charge is -2.17. The Balaban J connectivity index is 2.18. The van der Waals surface area contributed by atoms with Crippen LogP contribution in [0.5, 0.6) is 17.2 Å². The second-order valence-electron chi connectivity index (χ2n) is 4.64. The molecular formula is C17H18O5. The minimum absolute atomic E-state index is 0.205. The first kappa shape index (κ1) is 15.7. The van der Waals surface area contributed by atoms with E-state index in [1.807, 2.05) is 18.2 Å². The van der Waals surface area contributed by atoms with Gasteiger partial charge in [-0.1, -0.05) is 24.3 Å². The van der Waals surface area contributed by atoms with Crippen molar-refractivity contribution in [2.45, 2.75) is 12.5 Å². The molecule has 0 aliphatic rings. The monoisotopic (exact) mass is 302 g/mol. The Morgan fingerprint density at radius 2 is 1.77 bits per heavy atom. The molecule has 0 heterocycles. The first-order valence-electron chi connectivity index (χ1n) is 6.79. The molecule has 0 amide bonds. The third kappa shape index (κ3) is 3.91. The highest BCUT2D eigenvalue weighted by molar-refractivity contribution is 5.73. The van der Waals surface area contributed by atoms with Crippen LogP contribution < -0.4 is 14.2 Å². The molecule has 1 unspecified atom stereocenters. The van der Waals surface area contributed by atoms with Gasteiger partial charge < -0.3 is 19.3 Å². The summed E-state index contributed by atoms with van der Waals surface area (Å²) < 4.78 is 15.9. The third-order valence-electron chi connectivity index (χ3n) is 3.19. The molecule has 0 aromatic heterocycles. The molecule has 0 spiro atoms. The van der Waals surface area contributed by atoms with Gasteiger partial charge in [0, 0.05) is 12.5 Å². The van der Waals surface area contributed by atoms with Crippen molar-refractivity contribution in [3.8, 4) is 17.2 Å². The number of carboxylic acid groups (broad SMARTS) is 1. The molecule has 0 radical (unpaired) electrons. The fraction of sp³-hybridized carbons (Fsp3) is 0.235. The lowest BCUT2D eigenvalue weighted by atomic mass is 10.1. The molecule has 1 atom stereocenters. The quantitative estimate of drug-likeness (QED) is 0.852. The predicted octanol–water partition coefficient (Wildman–Crippen LogP) is 2.78. The van der Waals surface area contributed by atoms with E-state index in [-0.39, 0.29) is 6.42 Å². The van der Waals surface area contributed by atoms with Crippen molar-refractivity contribution in [3.05, 3.63) is 54.1 Å². The SMILES string of the molecule is COc1cccc(OC(Cc2ccccc2OC)C(=O)O)c1. The zero-order valence-corrected chi connectivity index (χ0v) is 12.5. The molecule has 5 heteroatoms. The highest BCUT2D eigenvalue weighted by Gasteiger charge is 2.22. The Morgan fingerprint density at radius 3 is 2.45 bits per heavy atom. The van der Waals surface area contributed by atoms with Gasteiger partial charge in [-0.25, -0.2) is 4.79 Å². The van der Waals surface area contributed by atoms with Gasteiger partial charge in [0.25, 0.3) is 0 Å². The number of ether oxygens (including phenoxy) is 3. The van der Waals surface area contributed by atoms with Gasteiger partial charge in [-0.3, -0.25) is 0 Å². The average Bonchev–Trinajstić information content (AvgIpc) is 2.54. The predicted molar refractivity (Wildman–Crippen MR) is 81.7 cm³/mol. The smallest absolute Gasteiger partial charge is 0.345 e. The maximum absolute atomic E-state index is 11.5. The van der Waals surface area contributed by atoms with E-state index in [1.165, 1.54) is 0 Å². The fourth-order valence-electron chi connectivity index (χ4n) is 2.09. The molecule has 0 saturated heterocycles. The largest absolute Gasteiger partial charge is 0.497 e. The van der Waals surface area contributed by atoms with Gasteiger partial charge in [0.15, 0.2) is 6.10 Å². The molecular weight excluding hydrogens is 284 g/mol. The van der Waals surface area contributed by atoms with Crippen LogP contribution in [0.15, 0.2) is 48.5 Å². The summed E-state index contributed by atoms with van der Waals surface area (Å²) >= 11 is 0. The highest BCUT2D eigenvalue weighted by atomic mass is 16.5. The van der Waals surface area contributed by atoms with E-state index >= 15 is 0 Å². The summed E-state index contributed by atoms with van der Waals surface area (Å²) in [5.74, 6) is 0.664. The number of methoxy groups -OCH3 is 2. The van der Waals surface area contributed by atoms with Crippen LogP contribution in [0.25, 0.3) is 0 Å². The molecule has 0 aliphatic heterocycles. The maximum atomic E-state index is 11.5. The number of carboxylic acids is 1. The Labute approximate surface area is 129 Å². The second-order valence-corrected chi connectivity index (χ2v) is 4.64. The van der Waals surface area contributed by atoms with Gasteiger partial charge in [0.05, 0.1) is 14.2 Å². The number of aliphatic carboxylic acids is 1. The lowest BCUT2D eigenvalue weighted by molar-refractivity contribution is -0.145. The molecule has 0 fully saturated rings. The molecule has 0 bridgehead atoms. The first-order chi connectivity index (χ1) is 10.6. The van der Waals surface area contributed by atoms with Crippen LogP contribution in [-0.4, -0.2) is 31.4 Å². The van der Waals surface area contributed by atoms with Crippen LogP contribution in [-0.2, 0) is 11.2 Å². The van der Waals surface area contributed by atoms with E-state index in [0.717, 1.165) is 5.56 Å². The van der Waals surface area contributed by atoms with E-state index < -0.39 is 12.1 Å². The molecule has 116 valence electrons. The topological polar surface area (TPSA) is 65.0 Å². The summed E-state index contributed by atoms with van der Waals surface area (Å²) in [5, 5.41) is 9.39. The molecule has 2 rings (SSSR count). The van der Waals surface area contributed by atoms with Crippen LogP contribution in [0.2, 0.25) is 0 Å². The summed E-state index contributed by atoms with van der Waals surface area (Å²) in [6.07, 6.45) is -0.806. The van der Waals surface area contributed by atoms with E-state index in [9.17, 15) is 9.90 Å². The first-order valence-corrected chi connectivity index (χ1v) is 6.79. The highest BCUT2D eigenvalue weighted by Crippen LogP contribution is 2.23. The van der Waals surface area contributed by atoms with Gasteiger partial charge in [0.1, 0.15) is 17.2 Å². The molecule has 22 heavy (non-hydrogen) atoms. The van der Waals surface area contributed by atoms with Crippen LogP contribution >= 0.6 is 0 Å². The van der Waals surface area contributed by atoms with Crippen molar-refractivity contribution in [2.75, 3.05) is 14.2 Å². The Bertz CT molecular complexity index is 638. The van der Waals surface area contributed by atoms with Crippen molar-refractivity contribution in [3.63, 3.8) is 0 Å². The summed E-state index contributed by atoms with van der Waals surface area (Å²) in [6, 6.07) is 14.1. The van der Waals surface area contributed by atoms with Crippen LogP contribution in [0, 0.1) is 0 Å². The van der Waals surface area contributed by atoms with Gasteiger partial charge in [-0.2, -0.15) is 0 Å². The minimum Gasteiger partial charge on any atom is -0.497 e. The Morgan fingerprint density at radius 1 is 1.05 bits per heavy atom. The lowest BCUT2D eigenvalue weighted by Crippen LogP contribution is -2.29. The number of para-hydroxylation sites is 1. The van der Waals surface area contributed by atoms with E-state index in [4.69, 9.17) is 14.2 Å². The van der Waals surface area contributed by atoms with Gasteiger partial charge >= 0.3 is 5.97 Å². The van der Waals surface area contributed by atoms with Crippen LogP contribution in [0.1, 0.15) is 5.56 Å². The maximum Gasteiger partial charge on any atom is 0.345 e. The Hall–Kier alpha value is -2.69. The summed E-state index contributed by atoms with van der Waals surface area (Å²) in [6.45, 7) is 0. The number of hydrogen-bond donors (Lipinski definition) is 1. The van der Waals surface area contributed by atoms with Crippen molar-refractivity contribution in [1.29, 1.82) is 0 Å². The number of hydrogen-bond acceptors (Lipinski definition) is 4. The molecule has 0 aliphatic carbocycles. The van der Waals surface area contributed by atoms with Crippen molar-refractivity contribution < 1.29 is 24.1 Å². The van der Waals surface area contributed by atoms with Gasteiger partial charge in [0.2, 0.25) is 0 Å². The standard InChI is InChI=1S/C17H18O5/c1-20-13-7-5-8-14(11-13)22-16(17(18)19)10-12-6-3-4-9-15(12)21-2/h3-9,11,16H,10H2,1-2H3,(H,18,19). The molecule has 2 aromatic carbocycles. The molecule has 0 saturated carbocycles. The zero-order valence-electron chi connectivity index (χ0n) is 12.5. The van der Waals surface area contributed by atoms with Crippen molar-refractivity contribution >= 4 is 5.97 Å². The molecule has 1 N–H and O–H groups in total. The normalized spacial score (nSPS) is 11.5. The summed E-state index contributed by atoms with van der Waals surface area (Å²) in [5.41, 5.74) is 0.778. The van der Waals surface area contributed by atoms with E-state index in [0.29, 0.717) is 17.2 Å². The second kappa shape index (κ2) is 7.36. The number of benzene rings is 2. The average molecular weight is 302 g/mol. The third-order valence-corrected chi connectivity index (χ3v) is 3.19. The van der Waals surface area contributed by atoms with Crippen LogP contribution in [0.3, 0.4) is 0 Å². The van der Waals surface area contributed by atoms with Gasteiger partial charge in [-0.05, 0) is 23.8 Å². The summed E-state index contributed by atoms with van der Waals surface area (Å²) in [4.78, 5) is 11.5. The number of carbonyl (C=O) groups is 1.